The molecular formula is C25H32N4O3. The van der Waals surface area contributed by atoms with Crippen molar-refractivity contribution in [3.05, 3.63) is 68.6 Å². The van der Waals surface area contributed by atoms with Gasteiger partial charge >= 0.3 is 0 Å². The van der Waals surface area contributed by atoms with Crippen LogP contribution in [0.15, 0.2) is 35.1 Å². The van der Waals surface area contributed by atoms with Gasteiger partial charge in [0, 0.05) is 56.9 Å². The van der Waals surface area contributed by atoms with E-state index in [0.29, 0.717) is 30.6 Å². The standard InChI is InChI=1S/C25H32N4O3/c1-25(2)13-21-19(22(30)14-25)12-20(24(32)27-21)23(31)26-15-17-4-6-18(7-5-17)16-29-10-8-28(3)9-11-29/h4-7,12H,8-11,13-16H2,1-3H3,(H,26,31)(H,27,32). The number of fused-ring (bicyclic) bond motifs is 1. The zero-order valence-corrected chi connectivity index (χ0v) is 19.2. The lowest BCUT2D eigenvalue weighted by molar-refractivity contribution is 0.0910. The molecule has 32 heavy (non-hydrogen) atoms. The number of ketones is 1. The van der Waals surface area contributed by atoms with Crippen molar-refractivity contribution in [1.29, 1.82) is 0 Å². The SMILES string of the molecule is CN1CCN(Cc2ccc(CNC(=O)c3cc4c([nH]c3=O)CC(C)(C)CC4=O)cc2)CC1. The molecule has 0 unspecified atom stereocenters. The Labute approximate surface area is 188 Å². The fourth-order valence-corrected chi connectivity index (χ4v) is 4.50. The lowest BCUT2D eigenvalue weighted by atomic mass is 9.75. The van der Waals surface area contributed by atoms with Crippen LogP contribution in [0.5, 0.6) is 0 Å². The highest BCUT2D eigenvalue weighted by Gasteiger charge is 2.32. The Morgan fingerprint density at radius 1 is 1.03 bits per heavy atom. The number of piperazine rings is 1. The van der Waals surface area contributed by atoms with Crippen molar-refractivity contribution in [3.8, 4) is 0 Å². The molecule has 4 rings (SSSR count). The fraction of sp³-hybridized carbons (Fsp3) is 0.480. The second kappa shape index (κ2) is 9.00. The van der Waals surface area contributed by atoms with Gasteiger partial charge in [-0.15, -0.1) is 0 Å². The number of H-pyrrole nitrogens is 1. The van der Waals surface area contributed by atoms with Gasteiger partial charge in [0.1, 0.15) is 5.56 Å². The normalized spacial score (nSPS) is 18.9. The van der Waals surface area contributed by atoms with Gasteiger partial charge in [0.2, 0.25) is 0 Å². The Kier molecular flexibility index (Phi) is 6.31. The maximum Gasteiger partial charge on any atom is 0.261 e. The first kappa shape index (κ1) is 22.4. The van der Waals surface area contributed by atoms with Gasteiger partial charge in [0.15, 0.2) is 5.78 Å². The number of aromatic nitrogens is 1. The largest absolute Gasteiger partial charge is 0.348 e. The molecule has 7 nitrogen and oxygen atoms in total. The number of Topliss-reactive ketones (excluding diaryl/α,β-unsaturated/α-hetero) is 1. The summed E-state index contributed by atoms with van der Waals surface area (Å²) in [6, 6.07) is 9.65. The average molecular weight is 437 g/mol. The summed E-state index contributed by atoms with van der Waals surface area (Å²) in [7, 11) is 2.15. The minimum atomic E-state index is -0.465. The molecular weight excluding hydrogens is 404 g/mol. The van der Waals surface area contributed by atoms with E-state index < -0.39 is 11.5 Å². The summed E-state index contributed by atoms with van der Waals surface area (Å²) < 4.78 is 0. The number of benzene rings is 1. The van der Waals surface area contributed by atoms with E-state index in [1.165, 1.54) is 11.6 Å². The van der Waals surface area contributed by atoms with Crippen LogP contribution >= 0.6 is 0 Å². The van der Waals surface area contributed by atoms with Crippen LogP contribution in [0, 0.1) is 5.41 Å². The zero-order valence-electron chi connectivity index (χ0n) is 19.2. The summed E-state index contributed by atoms with van der Waals surface area (Å²) in [5.74, 6) is -0.495. The number of likely N-dealkylation sites (N-methyl/N-ethyl adjacent to an activating group) is 1. The van der Waals surface area contributed by atoms with Gasteiger partial charge in [-0.2, -0.15) is 0 Å². The smallest absolute Gasteiger partial charge is 0.261 e. The van der Waals surface area contributed by atoms with Crippen molar-refractivity contribution in [2.75, 3.05) is 33.2 Å². The molecule has 1 aliphatic heterocycles. The summed E-state index contributed by atoms with van der Waals surface area (Å²) >= 11 is 0. The first-order valence-corrected chi connectivity index (χ1v) is 11.3. The minimum absolute atomic E-state index is 0.0107. The number of rotatable bonds is 5. The number of carbonyl (C=O) groups is 2. The Morgan fingerprint density at radius 3 is 2.38 bits per heavy atom. The molecule has 1 aromatic carbocycles. The van der Waals surface area contributed by atoms with Crippen molar-refractivity contribution >= 4 is 11.7 Å². The number of nitrogens with zero attached hydrogens (tertiary/aromatic N) is 2. The monoisotopic (exact) mass is 436 g/mol. The van der Waals surface area contributed by atoms with Crippen molar-refractivity contribution in [3.63, 3.8) is 0 Å². The van der Waals surface area contributed by atoms with Crippen molar-refractivity contribution in [2.24, 2.45) is 5.41 Å². The maximum absolute atomic E-state index is 12.7. The number of hydrogen-bond acceptors (Lipinski definition) is 5. The predicted molar refractivity (Wildman–Crippen MR) is 124 cm³/mol. The summed E-state index contributed by atoms with van der Waals surface area (Å²) in [5, 5.41) is 2.81. The molecule has 0 spiro atoms. The lowest BCUT2D eigenvalue weighted by Gasteiger charge is -2.32. The van der Waals surface area contributed by atoms with Gasteiger partial charge in [-0.3, -0.25) is 19.3 Å². The van der Waals surface area contributed by atoms with E-state index in [1.807, 2.05) is 26.0 Å². The fourth-order valence-electron chi connectivity index (χ4n) is 4.50. The molecule has 2 aromatic rings. The molecule has 2 aliphatic rings. The second-order valence-electron chi connectivity index (χ2n) is 9.92. The highest BCUT2D eigenvalue weighted by molar-refractivity contribution is 6.02. The molecule has 1 saturated heterocycles. The van der Waals surface area contributed by atoms with E-state index in [0.717, 1.165) is 38.3 Å². The highest BCUT2D eigenvalue weighted by Crippen LogP contribution is 2.33. The van der Waals surface area contributed by atoms with E-state index in [-0.39, 0.29) is 16.8 Å². The van der Waals surface area contributed by atoms with Gasteiger partial charge in [-0.05, 0) is 36.1 Å². The molecule has 0 radical (unpaired) electrons. The Balaban J connectivity index is 1.37. The minimum Gasteiger partial charge on any atom is -0.348 e. The molecule has 0 bridgehead atoms. The summed E-state index contributed by atoms with van der Waals surface area (Å²) in [6.45, 7) is 9.59. The number of hydrogen-bond donors (Lipinski definition) is 2. The predicted octanol–water partition coefficient (Wildman–Crippen LogP) is 2.21. The third-order valence-corrected chi connectivity index (χ3v) is 6.44. The molecule has 1 aliphatic carbocycles. The van der Waals surface area contributed by atoms with Crippen LogP contribution in [0.25, 0.3) is 0 Å². The number of pyridine rings is 1. The average Bonchev–Trinajstić information content (AvgIpc) is 2.73. The lowest BCUT2D eigenvalue weighted by Crippen LogP contribution is -2.43. The van der Waals surface area contributed by atoms with E-state index in [2.05, 4.69) is 39.3 Å². The summed E-state index contributed by atoms with van der Waals surface area (Å²) in [5.41, 5.74) is 2.65. The van der Waals surface area contributed by atoms with Gasteiger partial charge in [-0.25, -0.2) is 0 Å². The van der Waals surface area contributed by atoms with E-state index in [4.69, 9.17) is 0 Å². The Bertz CT molecular complexity index is 1060. The van der Waals surface area contributed by atoms with Crippen LogP contribution in [0.3, 0.4) is 0 Å². The Hall–Kier alpha value is -2.77. The topological polar surface area (TPSA) is 85.5 Å². The van der Waals surface area contributed by atoms with E-state index >= 15 is 0 Å². The maximum atomic E-state index is 12.7. The number of amides is 1. The molecule has 2 N–H and O–H groups in total. The number of nitrogens with one attached hydrogen (secondary N) is 2. The quantitative estimate of drug-likeness (QED) is 0.751. The van der Waals surface area contributed by atoms with E-state index in [9.17, 15) is 14.4 Å². The summed E-state index contributed by atoms with van der Waals surface area (Å²) in [4.78, 5) is 45.2. The zero-order chi connectivity index (χ0) is 22.9. The first-order valence-electron chi connectivity index (χ1n) is 11.3. The molecule has 1 fully saturated rings. The van der Waals surface area contributed by atoms with Gasteiger partial charge < -0.3 is 15.2 Å². The molecule has 1 amide bonds. The highest BCUT2D eigenvalue weighted by atomic mass is 16.2. The number of carbonyl (C=O) groups excluding carboxylic acids is 2. The molecule has 7 heteroatoms. The third kappa shape index (κ3) is 5.16. The molecule has 0 saturated carbocycles. The van der Waals surface area contributed by atoms with Crippen LogP contribution in [-0.2, 0) is 19.5 Å². The molecule has 170 valence electrons. The Morgan fingerprint density at radius 2 is 1.69 bits per heavy atom. The first-order chi connectivity index (χ1) is 15.2. The van der Waals surface area contributed by atoms with Crippen LogP contribution in [-0.4, -0.2) is 59.7 Å². The van der Waals surface area contributed by atoms with Crippen LogP contribution in [0.1, 0.15) is 57.8 Å². The van der Waals surface area contributed by atoms with Crippen LogP contribution < -0.4 is 10.9 Å². The van der Waals surface area contributed by atoms with Gasteiger partial charge in [0.05, 0.1) is 0 Å². The van der Waals surface area contributed by atoms with Gasteiger partial charge in [-0.1, -0.05) is 38.1 Å². The van der Waals surface area contributed by atoms with Gasteiger partial charge in [0.25, 0.3) is 11.5 Å². The molecule has 2 heterocycles. The van der Waals surface area contributed by atoms with Crippen molar-refractivity contribution in [2.45, 2.75) is 39.8 Å². The van der Waals surface area contributed by atoms with Crippen LogP contribution in [0.2, 0.25) is 0 Å². The third-order valence-electron chi connectivity index (χ3n) is 6.44. The molecule has 0 atom stereocenters. The molecule has 1 aromatic heterocycles. The van der Waals surface area contributed by atoms with Crippen LogP contribution in [0.4, 0.5) is 0 Å². The van der Waals surface area contributed by atoms with E-state index in [1.54, 1.807) is 0 Å². The second-order valence-corrected chi connectivity index (χ2v) is 9.92. The van der Waals surface area contributed by atoms with Crippen molar-refractivity contribution in [1.82, 2.24) is 20.1 Å². The van der Waals surface area contributed by atoms with Crippen molar-refractivity contribution < 1.29 is 9.59 Å². The number of aromatic amines is 1. The summed E-state index contributed by atoms with van der Waals surface area (Å²) in [6.07, 6.45) is 1.03.